The average molecular weight is 504 g/mol. The highest BCUT2D eigenvalue weighted by Crippen LogP contribution is 2.37. The maximum Gasteiger partial charge on any atom is 0.237 e. The highest BCUT2D eigenvalue weighted by Gasteiger charge is 2.48. The number of hydrogen-bond acceptors (Lipinski definition) is 6. The van der Waals surface area contributed by atoms with E-state index in [4.69, 9.17) is 11.6 Å². The van der Waals surface area contributed by atoms with Crippen LogP contribution >= 0.6 is 11.6 Å². The molecule has 0 aromatic heterocycles. The summed E-state index contributed by atoms with van der Waals surface area (Å²) >= 11 is 6.09. The Morgan fingerprint density at radius 3 is 2.29 bits per heavy atom. The smallest absolute Gasteiger partial charge is 0.237 e. The van der Waals surface area contributed by atoms with Crippen LogP contribution in [0.15, 0.2) is 53.4 Å². The van der Waals surface area contributed by atoms with Crippen molar-refractivity contribution in [1.82, 2.24) is 10.2 Å². The lowest BCUT2D eigenvalue weighted by Crippen LogP contribution is -2.49. The molecule has 2 aromatic carbocycles. The molecule has 0 bridgehead atoms. The zero-order valence-corrected chi connectivity index (χ0v) is 20.4. The van der Waals surface area contributed by atoms with Gasteiger partial charge in [-0.2, -0.15) is 0 Å². The number of imide groups is 1. The second-order valence-corrected chi connectivity index (χ2v) is 11.2. The SMILES string of the molecule is CS(=O)(=O)c1ccc(C2(CCC(=O)N3CCN(c4cccc(Cl)c4)CC3)CC(=O)NC2=O)cc1. The molecule has 180 valence electrons. The molecule has 0 aliphatic carbocycles. The van der Waals surface area contributed by atoms with E-state index in [1.807, 2.05) is 24.3 Å². The van der Waals surface area contributed by atoms with E-state index in [1.165, 1.54) is 12.1 Å². The Morgan fingerprint density at radius 1 is 1.06 bits per heavy atom. The Hall–Kier alpha value is -2.91. The van der Waals surface area contributed by atoms with E-state index in [0.717, 1.165) is 11.9 Å². The average Bonchev–Trinajstić information content (AvgIpc) is 3.11. The molecular formula is C24H26ClN3O5S. The molecule has 34 heavy (non-hydrogen) atoms. The number of halogens is 1. The fourth-order valence-electron chi connectivity index (χ4n) is 4.61. The van der Waals surface area contributed by atoms with E-state index in [9.17, 15) is 22.8 Å². The van der Waals surface area contributed by atoms with E-state index >= 15 is 0 Å². The summed E-state index contributed by atoms with van der Waals surface area (Å²) in [6.45, 7) is 2.44. The quantitative estimate of drug-likeness (QED) is 0.606. The summed E-state index contributed by atoms with van der Waals surface area (Å²) in [5.41, 5.74) is 0.352. The van der Waals surface area contributed by atoms with E-state index < -0.39 is 27.1 Å². The molecule has 0 radical (unpaired) electrons. The van der Waals surface area contributed by atoms with Crippen LogP contribution in [0.25, 0.3) is 0 Å². The molecule has 2 heterocycles. The number of hydrogen-bond donors (Lipinski definition) is 1. The van der Waals surface area contributed by atoms with Gasteiger partial charge in [-0.25, -0.2) is 8.42 Å². The van der Waals surface area contributed by atoms with Gasteiger partial charge < -0.3 is 9.80 Å². The minimum absolute atomic E-state index is 0.0696. The fourth-order valence-corrected chi connectivity index (χ4v) is 5.43. The summed E-state index contributed by atoms with van der Waals surface area (Å²) in [5.74, 6) is -0.937. The molecule has 10 heteroatoms. The molecular weight excluding hydrogens is 478 g/mol. The van der Waals surface area contributed by atoms with Crippen molar-refractivity contribution in [1.29, 1.82) is 0 Å². The largest absolute Gasteiger partial charge is 0.368 e. The summed E-state index contributed by atoms with van der Waals surface area (Å²) in [4.78, 5) is 41.9. The van der Waals surface area contributed by atoms with Crippen LogP contribution < -0.4 is 10.2 Å². The summed E-state index contributed by atoms with van der Waals surface area (Å²) in [5, 5.41) is 3.01. The molecule has 1 unspecified atom stereocenters. The number of amides is 3. The maximum absolute atomic E-state index is 13.0. The molecule has 0 saturated carbocycles. The van der Waals surface area contributed by atoms with Gasteiger partial charge in [-0.15, -0.1) is 0 Å². The van der Waals surface area contributed by atoms with Gasteiger partial charge in [0, 0.05) is 56.0 Å². The van der Waals surface area contributed by atoms with E-state index in [0.29, 0.717) is 36.8 Å². The van der Waals surface area contributed by atoms with Crippen LogP contribution in [0.5, 0.6) is 0 Å². The lowest BCUT2D eigenvalue weighted by molar-refractivity contribution is -0.132. The van der Waals surface area contributed by atoms with Gasteiger partial charge in [0.25, 0.3) is 0 Å². The number of carbonyl (C=O) groups excluding carboxylic acids is 3. The predicted octanol–water partition coefficient (Wildman–Crippen LogP) is 2.16. The minimum atomic E-state index is -3.39. The number of benzene rings is 2. The van der Waals surface area contributed by atoms with E-state index in [1.54, 1.807) is 17.0 Å². The second kappa shape index (κ2) is 9.38. The molecule has 4 rings (SSSR count). The zero-order chi connectivity index (χ0) is 24.5. The van der Waals surface area contributed by atoms with Crippen LogP contribution in [0.2, 0.25) is 5.02 Å². The molecule has 8 nitrogen and oxygen atoms in total. The normalized spacial score (nSPS) is 21.0. The van der Waals surface area contributed by atoms with Gasteiger partial charge in [-0.1, -0.05) is 29.8 Å². The number of sulfone groups is 1. The van der Waals surface area contributed by atoms with Crippen LogP contribution in [-0.4, -0.2) is 63.5 Å². The van der Waals surface area contributed by atoms with E-state index in [-0.39, 0.29) is 30.1 Å². The van der Waals surface area contributed by atoms with Crippen LogP contribution in [0.3, 0.4) is 0 Å². The Labute approximate surface area is 203 Å². The first-order chi connectivity index (χ1) is 16.1. The van der Waals surface area contributed by atoms with Crippen LogP contribution in [0, 0.1) is 0 Å². The van der Waals surface area contributed by atoms with Gasteiger partial charge in [-0.3, -0.25) is 19.7 Å². The van der Waals surface area contributed by atoms with Crippen molar-refractivity contribution in [2.75, 3.05) is 37.3 Å². The van der Waals surface area contributed by atoms with Crippen molar-refractivity contribution < 1.29 is 22.8 Å². The Bertz CT molecular complexity index is 1220. The number of nitrogens with zero attached hydrogens (tertiary/aromatic N) is 2. The van der Waals surface area contributed by atoms with Crippen molar-refractivity contribution in [2.45, 2.75) is 29.6 Å². The maximum atomic E-state index is 13.0. The minimum Gasteiger partial charge on any atom is -0.368 e. The molecule has 1 atom stereocenters. The highest BCUT2D eigenvalue weighted by molar-refractivity contribution is 7.90. The standard InChI is InChI=1S/C24H26ClN3O5S/c1-34(32,33)20-7-5-17(6-8-20)24(16-21(29)26-23(24)31)10-9-22(30)28-13-11-27(12-14-28)19-4-2-3-18(25)15-19/h2-8,15H,9-14,16H2,1H3,(H,26,29,31). The third kappa shape index (κ3) is 4.95. The van der Waals surface area contributed by atoms with E-state index in [2.05, 4.69) is 10.2 Å². The third-order valence-electron chi connectivity index (χ3n) is 6.56. The van der Waals surface area contributed by atoms with Gasteiger partial charge in [0.2, 0.25) is 17.7 Å². The zero-order valence-electron chi connectivity index (χ0n) is 18.8. The Balaban J connectivity index is 1.44. The van der Waals surface area contributed by atoms with Gasteiger partial charge >= 0.3 is 0 Å². The van der Waals surface area contributed by atoms with Crippen LogP contribution in [0.4, 0.5) is 5.69 Å². The lowest BCUT2D eigenvalue weighted by atomic mass is 9.75. The number of rotatable bonds is 6. The number of nitrogens with one attached hydrogen (secondary N) is 1. The van der Waals surface area contributed by atoms with Crippen molar-refractivity contribution in [3.05, 3.63) is 59.1 Å². The molecule has 2 saturated heterocycles. The summed E-state index contributed by atoms with van der Waals surface area (Å²) in [7, 11) is -3.39. The molecule has 2 aromatic rings. The van der Waals surface area contributed by atoms with Gasteiger partial charge in [0.15, 0.2) is 9.84 Å². The Morgan fingerprint density at radius 2 is 1.74 bits per heavy atom. The summed E-state index contributed by atoms with van der Waals surface area (Å²) in [6.07, 6.45) is 1.30. The first kappa shape index (κ1) is 24.2. The molecule has 2 aliphatic heterocycles. The van der Waals surface area contributed by atoms with Gasteiger partial charge in [0.1, 0.15) is 0 Å². The predicted molar refractivity (Wildman–Crippen MR) is 128 cm³/mol. The van der Waals surface area contributed by atoms with Crippen molar-refractivity contribution in [2.24, 2.45) is 0 Å². The van der Waals surface area contributed by atoms with Gasteiger partial charge in [-0.05, 0) is 42.3 Å². The molecule has 2 fully saturated rings. The van der Waals surface area contributed by atoms with Gasteiger partial charge in [0.05, 0.1) is 10.3 Å². The lowest BCUT2D eigenvalue weighted by Gasteiger charge is -2.36. The molecule has 3 amide bonds. The Kier molecular flexibility index (Phi) is 6.69. The topological polar surface area (TPSA) is 104 Å². The highest BCUT2D eigenvalue weighted by atomic mass is 35.5. The van der Waals surface area contributed by atoms with Crippen molar-refractivity contribution in [3.63, 3.8) is 0 Å². The summed E-state index contributed by atoms with van der Waals surface area (Å²) < 4.78 is 23.6. The molecule has 1 N–H and O–H groups in total. The first-order valence-electron chi connectivity index (χ1n) is 11.0. The van der Waals surface area contributed by atoms with Crippen LogP contribution in [-0.2, 0) is 29.6 Å². The molecule has 0 spiro atoms. The third-order valence-corrected chi connectivity index (χ3v) is 7.92. The second-order valence-electron chi connectivity index (χ2n) is 8.78. The number of piperazine rings is 1. The van der Waals surface area contributed by atoms with Crippen molar-refractivity contribution in [3.8, 4) is 0 Å². The first-order valence-corrected chi connectivity index (χ1v) is 13.3. The summed E-state index contributed by atoms with van der Waals surface area (Å²) in [6, 6.07) is 13.6. The number of anilines is 1. The van der Waals surface area contributed by atoms with Crippen molar-refractivity contribution >= 4 is 44.8 Å². The number of carbonyl (C=O) groups is 3. The monoisotopic (exact) mass is 503 g/mol. The van der Waals surface area contributed by atoms with Crippen LogP contribution in [0.1, 0.15) is 24.8 Å². The molecule has 2 aliphatic rings. The fraction of sp³-hybridized carbons (Fsp3) is 0.375.